The lowest BCUT2D eigenvalue weighted by molar-refractivity contribution is -0.122. The summed E-state index contributed by atoms with van der Waals surface area (Å²) in [6, 6.07) is 3.94. The molecule has 0 aliphatic carbocycles. The number of carbonyl (C=O) groups excluding carboxylic acids is 1. The summed E-state index contributed by atoms with van der Waals surface area (Å²) in [7, 11) is 0. The van der Waals surface area contributed by atoms with Crippen molar-refractivity contribution in [3.8, 4) is 0 Å². The number of aromatic nitrogens is 1. The Labute approximate surface area is 103 Å². The fraction of sp³-hybridized carbons (Fsp3) is 0.538. The van der Waals surface area contributed by atoms with Gasteiger partial charge in [-0.25, -0.2) is 0 Å². The predicted octanol–water partition coefficient (Wildman–Crippen LogP) is 1.39. The molecule has 4 heteroatoms. The van der Waals surface area contributed by atoms with Crippen molar-refractivity contribution in [3.63, 3.8) is 0 Å². The fourth-order valence-electron chi connectivity index (χ4n) is 1.61. The van der Waals surface area contributed by atoms with E-state index in [4.69, 9.17) is 5.73 Å². The molecule has 0 unspecified atom stereocenters. The van der Waals surface area contributed by atoms with Gasteiger partial charge >= 0.3 is 0 Å². The van der Waals surface area contributed by atoms with Gasteiger partial charge in [0, 0.05) is 18.2 Å². The second-order valence-electron chi connectivity index (χ2n) is 4.90. The molecule has 94 valence electrons. The number of nitrogens with two attached hydrogens (primary N) is 1. The molecular formula is C13H21N3O. The SMILES string of the molecule is CCc1cccnc1CNC(=O)CC(C)(C)N. The molecule has 0 fully saturated rings. The van der Waals surface area contributed by atoms with Crippen molar-refractivity contribution in [2.75, 3.05) is 0 Å². The highest BCUT2D eigenvalue weighted by atomic mass is 16.1. The van der Waals surface area contributed by atoms with E-state index in [-0.39, 0.29) is 5.91 Å². The molecule has 0 atom stereocenters. The maximum absolute atomic E-state index is 11.6. The zero-order chi connectivity index (χ0) is 12.9. The molecule has 0 aliphatic heterocycles. The van der Waals surface area contributed by atoms with E-state index >= 15 is 0 Å². The quantitative estimate of drug-likeness (QED) is 0.810. The molecule has 1 rings (SSSR count). The van der Waals surface area contributed by atoms with Gasteiger partial charge in [0.2, 0.25) is 5.91 Å². The van der Waals surface area contributed by atoms with Crippen LogP contribution in [0.1, 0.15) is 38.4 Å². The third kappa shape index (κ3) is 4.95. The van der Waals surface area contributed by atoms with Gasteiger partial charge in [-0.3, -0.25) is 9.78 Å². The van der Waals surface area contributed by atoms with Gasteiger partial charge in [0.15, 0.2) is 0 Å². The van der Waals surface area contributed by atoms with E-state index in [0.29, 0.717) is 13.0 Å². The Hall–Kier alpha value is -1.42. The van der Waals surface area contributed by atoms with Crippen LogP contribution in [0.4, 0.5) is 0 Å². The zero-order valence-corrected chi connectivity index (χ0v) is 10.8. The minimum Gasteiger partial charge on any atom is -0.350 e. The van der Waals surface area contributed by atoms with Crippen LogP contribution in [0, 0.1) is 0 Å². The Bertz CT molecular complexity index is 382. The number of aryl methyl sites for hydroxylation is 1. The van der Waals surface area contributed by atoms with Gasteiger partial charge in [-0.05, 0) is 31.9 Å². The van der Waals surface area contributed by atoms with Crippen LogP contribution in [0.3, 0.4) is 0 Å². The summed E-state index contributed by atoms with van der Waals surface area (Å²) in [5.74, 6) is -0.0368. The average molecular weight is 235 g/mol. The number of nitrogens with one attached hydrogen (secondary N) is 1. The molecule has 0 aliphatic rings. The van der Waals surface area contributed by atoms with Crippen LogP contribution < -0.4 is 11.1 Å². The second kappa shape index (κ2) is 5.77. The summed E-state index contributed by atoms with van der Waals surface area (Å²) >= 11 is 0. The van der Waals surface area contributed by atoms with Gasteiger partial charge in [-0.1, -0.05) is 13.0 Å². The highest BCUT2D eigenvalue weighted by Crippen LogP contribution is 2.07. The minimum atomic E-state index is -0.470. The average Bonchev–Trinajstić information content (AvgIpc) is 2.24. The standard InChI is InChI=1S/C13H21N3O/c1-4-10-6-5-7-15-11(10)9-16-12(17)8-13(2,3)14/h5-7H,4,8-9,14H2,1-3H3,(H,16,17). The topological polar surface area (TPSA) is 68.0 Å². The summed E-state index contributed by atoms with van der Waals surface area (Å²) < 4.78 is 0. The molecule has 0 radical (unpaired) electrons. The number of hydrogen-bond acceptors (Lipinski definition) is 3. The van der Waals surface area contributed by atoms with E-state index in [1.807, 2.05) is 26.0 Å². The Morgan fingerprint density at radius 2 is 2.24 bits per heavy atom. The summed E-state index contributed by atoms with van der Waals surface area (Å²) in [4.78, 5) is 15.9. The number of pyridine rings is 1. The molecule has 3 N–H and O–H groups in total. The van der Waals surface area contributed by atoms with Crippen LogP contribution in [0.2, 0.25) is 0 Å². The molecule has 0 spiro atoms. The fourth-order valence-corrected chi connectivity index (χ4v) is 1.61. The van der Waals surface area contributed by atoms with E-state index in [1.165, 1.54) is 5.56 Å². The van der Waals surface area contributed by atoms with Gasteiger partial charge in [-0.2, -0.15) is 0 Å². The van der Waals surface area contributed by atoms with Crippen molar-refractivity contribution < 1.29 is 4.79 Å². The number of hydrogen-bond donors (Lipinski definition) is 2. The summed E-state index contributed by atoms with van der Waals surface area (Å²) in [5.41, 5.74) is 7.41. The third-order valence-corrected chi connectivity index (χ3v) is 2.43. The van der Waals surface area contributed by atoms with Crippen LogP contribution >= 0.6 is 0 Å². The van der Waals surface area contributed by atoms with Crippen molar-refractivity contribution in [2.45, 2.75) is 45.7 Å². The molecule has 0 saturated carbocycles. The largest absolute Gasteiger partial charge is 0.350 e. The molecule has 0 saturated heterocycles. The van der Waals surface area contributed by atoms with Gasteiger partial charge < -0.3 is 11.1 Å². The Morgan fingerprint density at radius 3 is 2.82 bits per heavy atom. The molecule has 1 aromatic heterocycles. The lowest BCUT2D eigenvalue weighted by Gasteiger charge is -2.17. The van der Waals surface area contributed by atoms with Gasteiger partial charge in [-0.15, -0.1) is 0 Å². The van der Waals surface area contributed by atoms with Crippen LogP contribution in [-0.2, 0) is 17.8 Å². The normalized spacial score (nSPS) is 11.3. The highest BCUT2D eigenvalue weighted by Gasteiger charge is 2.16. The van der Waals surface area contributed by atoms with Crippen molar-refractivity contribution in [3.05, 3.63) is 29.6 Å². The zero-order valence-electron chi connectivity index (χ0n) is 10.8. The number of carbonyl (C=O) groups is 1. The van der Waals surface area contributed by atoms with Crippen molar-refractivity contribution in [1.82, 2.24) is 10.3 Å². The molecule has 0 aromatic carbocycles. The first-order chi connectivity index (χ1) is 7.92. The van der Waals surface area contributed by atoms with Crippen molar-refractivity contribution in [2.24, 2.45) is 5.73 Å². The molecule has 1 aromatic rings. The minimum absolute atomic E-state index is 0.0368. The van der Waals surface area contributed by atoms with Gasteiger partial charge in [0.1, 0.15) is 0 Å². The molecule has 0 bridgehead atoms. The van der Waals surface area contributed by atoms with E-state index < -0.39 is 5.54 Å². The predicted molar refractivity (Wildman–Crippen MR) is 68.3 cm³/mol. The Kier molecular flexibility index (Phi) is 4.63. The highest BCUT2D eigenvalue weighted by molar-refractivity contribution is 5.77. The lowest BCUT2D eigenvalue weighted by atomic mass is 10.0. The van der Waals surface area contributed by atoms with Crippen LogP contribution in [0.5, 0.6) is 0 Å². The first-order valence-electron chi connectivity index (χ1n) is 5.90. The molecular weight excluding hydrogens is 214 g/mol. The monoisotopic (exact) mass is 235 g/mol. The van der Waals surface area contributed by atoms with Crippen LogP contribution in [-0.4, -0.2) is 16.4 Å². The summed E-state index contributed by atoms with van der Waals surface area (Å²) in [6.07, 6.45) is 2.98. The molecule has 4 nitrogen and oxygen atoms in total. The maximum Gasteiger partial charge on any atom is 0.222 e. The Morgan fingerprint density at radius 1 is 1.53 bits per heavy atom. The number of nitrogens with zero attached hydrogens (tertiary/aromatic N) is 1. The third-order valence-electron chi connectivity index (χ3n) is 2.43. The maximum atomic E-state index is 11.6. The van der Waals surface area contributed by atoms with Crippen LogP contribution in [0.15, 0.2) is 18.3 Å². The van der Waals surface area contributed by atoms with Gasteiger partial charge in [0.05, 0.1) is 12.2 Å². The lowest BCUT2D eigenvalue weighted by Crippen LogP contribution is -2.39. The number of amides is 1. The summed E-state index contributed by atoms with van der Waals surface area (Å²) in [5, 5.41) is 2.85. The summed E-state index contributed by atoms with van der Waals surface area (Å²) in [6.45, 7) is 6.22. The molecule has 1 amide bonds. The Balaban J connectivity index is 2.53. The molecule has 17 heavy (non-hydrogen) atoms. The van der Waals surface area contributed by atoms with Crippen molar-refractivity contribution >= 4 is 5.91 Å². The first-order valence-corrected chi connectivity index (χ1v) is 5.90. The van der Waals surface area contributed by atoms with E-state index in [9.17, 15) is 4.79 Å². The number of rotatable bonds is 5. The van der Waals surface area contributed by atoms with E-state index in [2.05, 4.69) is 17.2 Å². The van der Waals surface area contributed by atoms with E-state index in [0.717, 1.165) is 12.1 Å². The van der Waals surface area contributed by atoms with E-state index in [1.54, 1.807) is 6.20 Å². The smallest absolute Gasteiger partial charge is 0.222 e. The molecule has 1 heterocycles. The second-order valence-corrected chi connectivity index (χ2v) is 4.90. The van der Waals surface area contributed by atoms with Crippen molar-refractivity contribution in [1.29, 1.82) is 0 Å². The first kappa shape index (κ1) is 13.6. The van der Waals surface area contributed by atoms with Gasteiger partial charge in [0.25, 0.3) is 0 Å². The van der Waals surface area contributed by atoms with Crippen LogP contribution in [0.25, 0.3) is 0 Å².